The Balaban J connectivity index is 1.39. The van der Waals surface area contributed by atoms with E-state index in [1.54, 1.807) is 5.56 Å². The molecular weight excluding hydrogens is 252 g/mol. The van der Waals surface area contributed by atoms with E-state index in [4.69, 9.17) is 0 Å². The third-order valence-electron chi connectivity index (χ3n) is 4.24. The highest BCUT2D eigenvalue weighted by molar-refractivity contribution is 7.99. The van der Waals surface area contributed by atoms with Crippen molar-refractivity contribution in [1.29, 1.82) is 0 Å². The van der Waals surface area contributed by atoms with E-state index in [1.165, 1.54) is 49.5 Å². The zero-order valence-corrected chi connectivity index (χ0v) is 12.4. The lowest BCUT2D eigenvalue weighted by atomic mass is 10.0. The van der Waals surface area contributed by atoms with Crippen LogP contribution in [0.3, 0.4) is 0 Å². The van der Waals surface area contributed by atoms with E-state index in [0.717, 1.165) is 13.1 Å². The second-order valence-corrected chi connectivity index (χ2v) is 6.71. The second kappa shape index (κ2) is 6.78. The van der Waals surface area contributed by atoms with Gasteiger partial charge in [0, 0.05) is 36.2 Å². The zero-order chi connectivity index (χ0) is 12.9. The quantitative estimate of drug-likeness (QED) is 0.833. The monoisotopic (exact) mass is 276 g/mol. The molecule has 3 rings (SSSR count). The van der Waals surface area contributed by atoms with Gasteiger partial charge >= 0.3 is 0 Å². The fourth-order valence-electron chi connectivity index (χ4n) is 3.09. The fourth-order valence-corrected chi connectivity index (χ4v) is 4.35. The van der Waals surface area contributed by atoms with E-state index >= 15 is 0 Å². The number of nitrogens with one attached hydrogen (secondary N) is 1. The van der Waals surface area contributed by atoms with Crippen molar-refractivity contribution >= 4 is 11.8 Å². The summed E-state index contributed by atoms with van der Waals surface area (Å²) in [6, 6.07) is 8.88. The minimum Gasteiger partial charge on any atom is -0.315 e. The van der Waals surface area contributed by atoms with Crippen molar-refractivity contribution in [3.63, 3.8) is 0 Å². The maximum atomic E-state index is 3.66. The molecule has 0 saturated carbocycles. The highest BCUT2D eigenvalue weighted by Crippen LogP contribution is 2.38. The van der Waals surface area contributed by atoms with Crippen LogP contribution in [0.2, 0.25) is 0 Å². The molecule has 0 bridgehead atoms. The Hall–Kier alpha value is -0.510. The van der Waals surface area contributed by atoms with E-state index < -0.39 is 0 Å². The number of thioether (sulfide) groups is 1. The first kappa shape index (κ1) is 13.5. The third kappa shape index (κ3) is 3.53. The minimum absolute atomic E-state index is 0.711. The van der Waals surface area contributed by atoms with Crippen LogP contribution in [0.1, 0.15) is 30.7 Å². The van der Waals surface area contributed by atoms with Crippen LogP contribution in [0, 0.1) is 0 Å². The molecule has 0 aromatic heterocycles. The Kier molecular flexibility index (Phi) is 4.81. The van der Waals surface area contributed by atoms with Gasteiger partial charge in [-0.1, -0.05) is 24.6 Å². The summed E-state index contributed by atoms with van der Waals surface area (Å²) in [7, 11) is 0. The summed E-state index contributed by atoms with van der Waals surface area (Å²) in [5.74, 6) is 1.96. The summed E-state index contributed by atoms with van der Waals surface area (Å²) in [5.41, 5.74) is 1.55. The summed E-state index contributed by atoms with van der Waals surface area (Å²) >= 11 is 2.01. The van der Waals surface area contributed by atoms with Crippen molar-refractivity contribution in [2.75, 3.05) is 38.5 Å². The Labute approximate surface area is 121 Å². The lowest BCUT2D eigenvalue weighted by Crippen LogP contribution is -2.36. The number of piperidine rings is 1. The number of hydrogen-bond acceptors (Lipinski definition) is 3. The van der Waals surface area contributed by atoms with Crippen LogP contribution in [0.15, 0.2) is 29.2 Å². The molecule has 1 fully saturated rings. The first-order valence-electron chi connectivity index (χ1n) is 7.58. The van der Waals surface area contributed by atoms with Gasteiger partial charge in [-0.15, -0.1) is 11.8 Å². The molecule has 0 radical (unpaired) electrons. The second-order valence-electron chi connectivity index (χ2n) is 5.65. The average Bonchev–Trinajstić information content (AvgIpc) is 2.88. The van der Waals surface area contributed by atoms with Gasteiger partial charge in [-0.2, -0.15) is 0 Å². The zero-order valence-electron chi connectivity index (χ0n) is 11.6. The van der Waals surface area contributed by atoms with Gasteiger partial charge in [0.15, 0.2) is 0 Å². The van der Waals surface area contributed by atoms with Gasteiger partial charge in [0.05, 0.1) is 0 Å². The Morgan fingerprint density at radius 1 is 1.16 bits per heavy atom. The normalized spacial score (nSPS) is 23.5. The van der Waals surface area contributed by atoms with E-state index in [9.17, 15) is 0 Å². The Morgan fingerprint density at radius 3 is 2.89 bits per heavy atom. The molecule has 2 aliphatic heterocycles. The molecule has 0 amide bonds. The predicted molar refractivity (Wildman–Crippen MR) is 83.1 cm³/mol. The van der Waals surface area contributed by atoms with Crippen LogP contribution in [-0.4, -0.2) is 43.4 Å². The number of hydrogen-bond donors (Lipinski definition) is 1. The average molecular weight is 276 g/mol. The molecule has 2 heterocycles. The molecule has 1 aromatic carbocycles. The number of benzene rings is 1. The van der Waals surface area contributed by atoms with Gasteiger partial charge in [-0.25, -0.2) is 0 Å². The van der Waals surface area contributed by atoms with Gasteiger partial charge in [-0.05, 0) is 37.6 Å². The molecule has 0 aliphatic carbocycles. The molecule has 104 valence electrons. The van der Waals surface area contributed by atoms with E-state index in [0.29, 0.717) is 5.92 Å². The summed E-state index contributed by atoms with van der Waals surface area (Å²) in [6.07, 6.45) is 4.22. The largest absolute Gasteiger partial charge is 0.315 e. The van der Waals surface area contributed by atoms with Crippen LogP contribution >= 0.6 is 11.8 Å². The van der Waals surface area contributed by atoms with Crippen LogP contribution in [0.25, 0.3) is 0 Å². The first-order valence-corrected chi connectivity index (χ1v) is 8.57. The molecular formula is C16H24N2S. The predicted octanol–water partition coefficient (Wildman–Crippen LogP) is 2.95. The SMILES string of the molecule is c1ccc2c(c1)SCC2CNCCN1CCCCC1. The summed E-state index contributed by atoms with van der Waals surface area (Å²) in [6.45, 7) is 6.12. The van der Waals surface area contributed by atoms with Gasteiger partial charge in [-0.3, -0.25) is 0 Å². The molecule has 19 heavy (non-hydrogen) atoms. The molecule has 1 unspecified atom stereocenters. The molecule has 1 N–H and O–H groups in total. The molecule has 2 nitrogen and oxygen atoms in total. The highest BCUT2D eigenvalue weighted by Gasteiger charge is 2.21. The molecule has 1 aromatic rings. The van der Waals surface area contributed by atoms with Gasteiger partial charge in [0.2, 0.25) is 0 Å². The van der Waals surface area contributed by atoms with Gasteiger partial charge < -0.3 is 10.2 Å². The number of nitrogens with zero attached hydrogens (tertiary/aromatic N) is 1. The summed E-state index contributed by atoms with van der Waals surface area (Å²) in [5, 5.41) is 3.66. The fraction of sp³-hybridized carbons (Fsp3) is 0.625. The standard InChI is InChI=1S/C16H24N2S/c1-4-9-18(10-5-1)11-8-17-12-14-13-19-16-7-3-2-6-15(14)16/h2-3,6-7,14,17H,1,4-5,8-13H2. The minimum atomic E-state index is 0.711. The smallest absolute Gasteiger partial charge is 0.0108 e. The third-order valence-corrected chi connectivity index (χ3v) is 5.49. The summed E-state index contributed by atoms with van der Waals surface area (Å²) in [4.78, 5) is 4.10. The first-order chi connectivity index (χ1) is 9.43. The van der Waals surface area contributed by atoms with Gasteiger partial charge in [0.25, 0.3) is 0 Å². The van der Waals surface area contributed by atoms with E-state index in [2.05, 4.69) is 34.5 Å². The van der Waals surface area contributed by atoms with Crippen LogP contribution in [0.4, 0.5) is 0 Å². The number of fused-ring (bicyclic) bond motifs is 1. The summed E-state index contributed by atoms with van der Waals surface area (Å²) < 4.78 is 0. The van der Waals surface area contributed by atoms with Crippen molar-refractivity contribution in [3.05, 3.63) is 29.8 Å². The highest BCUT2D eigenvalue weighted by atomic mass is 32.2. The maximum absolute atomic E-state index is 3.66. The lowest BCUT2D eigenvalue weighted by Gasteiger charge is -2.26. The van der Waals surface area contributed by atoms with Crippen molar-refractivity contribution in [3.8, 4) is 0 Å². The van der Waals surface area contributed by atoms with E-state index in [-0.39, 0.29) is 0 Å². The van der Waals surface area contributed by atoms with Crippen molar-refractivity contribution in [2.24, 2.45) is 0 Å². The van der Waals surface area contributed by atoms with Crippen LogP contribution in [0.5, 0.6) is 0 Å². The molecule has 1 atom stereocenters. The topological polar surface area (TPSA) is 15.3 Å². The molecule has 2 aliphatic rings. The van der Waals surface area contributed by atoms with Crippen molar-refractivity contribution < 1.29 is 0 Å². The Morgan fingerprint density at radius 2 is 2.00 bits per heavy atom. The molecule has 3 heteroatoms. The molecule has 0 spiro atoms. The van der Waals surface area contributed by atoms with Crippen LogP contribution in [-0.2, 0) is 0 Å². The van der Waals surface area contributed by atoms with Crippen molar-refractivity contribution in [2.45, 2.75) is 30.1 Å². The van der Waals surface area contributed by atoms with Gasteiger partial charge in [0.1, 0.15) is 0 Å². The Bertz CT molecular complexity index is 401. The number of likely N-dealkylation sites (tertiary alicyclic amines) is 1. The number of rotatable bonds is 5. The molecule has 1 saturated heterocycles. The van der Waals surface area contributed by atoms with Crippen molar-refractivity contribution in [1.82, 2.24) is 10.2 Å². The lowest BCUT2D eigenvalue weighted by molar-refractivity contribution is 0.229. The maximum Gasteiger partial charge on any atom is 0.0108 e. The van der Waals surface area contributed by atoms with Crippen LogP contribution < -0.4 is 5.32 Å². The van der Waals surface area contributed by atoms with E-state index in [1.807, 2.05) is 11.8 Å².